The number of methoxy groups -OCH3 is 2. The molecule has 0 bridgehead atoms. The number of alkyl halides is 3. The molecule has 6 heteroatoms. The third-order valence-corrected chi connectivity index (χ3v) is 3.59. The smallest absolute Gasteiger partial charge is 0.420 e. The molecular weight excluding hydrogens is 271 g/mol. The van der Waals surface area contributed by atoms with Gasteiger partial charge in [0.2, 0.25) is 0 Å². The zero-order valence-electron chi connectivity index (χ0n) is 11.5. The van der Waals surface area contributed by atoms with Crippen molar-refractivity contribution >= 4 is 0 Å². The molecule has 112 valence electrons. The van der Waals surface area contributed by atoms with E-state index in [0.717, 1.165) is 37.6 Å². The van der Waals surface area contributed by atoms with E-state index in [2.05, 4.69) is 5.32 Å². The molecule has 0 aliphatic carbocycles. The maximum absolute atomic E-state index is 13.0. The first-order chi connectivity index (χ1) is 9.49. The number of nitrogens with one attached hydrogen (secondary N) is 1. The largest absolute Gasteiger partial charge is 0.493 e. The summed E-state index contributed by atoms with van der Waals surface area (Å²) in [7, 11) is 2.60. The van der Waals surface area contributed by atoms with E-state index in [0.29, 0.717) is 0 Å². The number of ether oxygens (including phenoxy) is 2. The average Bonchev–Trinajstić information content (AvgIpc) is 2.45. The van der Waals surface area contributed by atoms with Crippen LogP contribution in [-0.2, 0) is 6.18 Å². The molecule has 1 atom stereocenters. The van der Waals surface area contributed by atoms with E-state index in [4.69, 9.17) is 9.47 Å². The van der Waals surface area contributed by atoms with E-state index >= 15 is 0 Å². The van der Waals surface area contributed by atoms with Gasteiger partial charge in [-0.05, 0) is 25.5 Å². The Morgan fingerprint density at radius 2 is 1.85 bits per heavy atom. The van der Waals surface area contributed by atoms with Crippen molar-refractivity contribution < 1.29 is 22.6 Å². The molecular formula is C14H18F3NO2. The van der Waals surface area contributed by atoms with Crippen molar-refractivity contribution in [1.82, 2.24) is 5.32 Å². The number of hydrogen-bond donors (Lipinski definition) is 1. The summed E-state index contributed by atoms with van der Waals surface area (Å²) >= 11 is 0. The topological polar surface area (TPSA) is 30.5 Å². The number of piperidine rings is 1. The van der Waals surface area contributed by atoms with Crippen LogP contribution in [0, 0.1) is 0 Å². The molecule has 1 aromatic carbocycles. The SMILES string of the molecule is COc1c(C2CCCNC2)ccc(C(F)(F)F)c1OC. The molecule has 1 aliphatic rings. The predicted octanol–water partition coefficient (Wildman–Crippen LogP) is 3.19. The summed E-state index contributed by atoms with van der Waals surface area (Å²) in [5.41, 5.74) is -0.0334. The van der Waals surface area contributed by atoms with Gasteiger partial charge in [-0.25, -0.2) is 0 Å². The Morgan fingerprint density at radius 1 is 1.15 bits per heavy atom. The van der Waals surface area contributed by atoms with Gasteiger partial charge >= 0.3 is 6.18 Å². The fraction of sp³-hybridized carbons (Fsp3) is 0.571. The molecule has 3 nitrogen and oxygen atoms in total. The number of hydrogen-bond acceptors (Lipinski definition) is 3. The van der Waals surface area contributed by atoms with E-state index in [1.54, 1.807) is 0 Å². The molecule has 1 aliphatic heterocycles. The van der Waals surface area contributed by atoms with Crippen LogP contribution >= 0.6 is 0 Å². The molecule has 0 saturated carbocycles. The molecule has 2 rings (SSSR count). The van der Waals surface area contributed by atoms with Gasteiger partial charge in [0.05, 0.1) is 14.2 Å². The van der Waals surface area contributed by atoms with Crippen molar-refractivity contribution in [3.05, 3.63) is 23.3 Å². The molecule has 1 aromatic rings. The predicted molar refractivity (Wildman–Crippen MR) is 69.4 cm³/mol. The Kier molecular flexibility index (Phi) is 4.42. The van der Waals surface area contributed by atoms with Crippen LogP contribution in [0.5, 0.6) is 11.5 Å². The molecule has 1 saturated heterocycles. The molecule has 1 fully saturated rings. The first-order valence-corrected chi connectivity index (χ1v) is 6.51. The zero-order valence-corrected chi connectivity index (χ0v) is 11.5. The molecule has 0 amide bonds. The van der Waals surface area contributed by atoms with Crippen molar-refractivity contribution in [2.45, 2.75) is 24.9 Å². The standard InChI is InChI=1S/C14H18F3NO2/c1-19-12-10(9-4-3-7-18-8-9)5-6-11(13(12)20-2)14(15,16)17/h5-6,9,18H,3-4,7-8H2,1-2H3. The van der Waals surface area contributed by atoms with E-state index in [-0.39, 0.29) is 17.4 Å². The normalized spacial score (nSPS) is 19.8. The van der Waals surface area contributed by atoms with Crippen LogP contribution in [0.25, 0.3) is 0 Å². The second-order valence-electron chi connectivity index (χ2n) is 4.81. The Balaban J connectivity index is 2.48. The van der Waals surface area contributed by atoms with Gasteiger partial charge in [0, 0.05) is 18.0 Å². The van der Waals surface area contributed by atoms with Crippen LogP contribution in [-0.4, -0.2) is 27.3 Å². The molecule has 0 radical (unpaired) electrons. The maximum Gasteiger partial charge on any atom is 0.420 e. The van der Waals surface area contributed by atoms with Crippen LogP contribution in [0.15, 0.2) is 12.1 Å². The highest BCUT2D eigenvalue weighted by Gasteiger charge is 2.37. The average molecular weight is 289 g/mol. The van der Waals surface area contributed by atoms with Crippen LogP contribution in [0.3, 0.4) is 0 Å². The van der Waals surface area contributed by atoms with Gasteiger partial charge in [0.1, 0.15) is 5.56 Å². The van der Waals surface area contributed by atoms with Crippen LogP contribution < -0.4 is 14.8 Å². The second-order valence-corrected chi connectivity index (χ2v) is 4.81. The third-order valence-electron chi connectivity index (χ3n) is 3.59. The highest BCUT2D eigenvalue weighted by molar-refractivity contribution is 5.54. The Morgan fingerprint density at radius 3 is 2.35 bits per heavy atom. The monoisotopic (exact) mass is 289 g/mol. The van der Waals surface area contributed by atoms with Gasteiger partial charge in [0.15, 0.2) is 11.5 Å². The molecule has 1 N–H and O–H groups in total. The highest BCUT2D eigenvalue weighted by Crippen LogP contribution is 2.45. The lowest BCUT2D eigenvalue weighted by Crippen LogP contribution is -2.28. The van der Waals surface area contributed by atoms with E-state index in [9.17, 15) is 13.2 Å². The van der Waals surface area contributed by atoms with Gasteiger partial charge in [-0.15, -0.1) is 0 Å². The van der Waals surface area contributed by atoms with E-state index < -0.39 is 11.7 Å². The number of rotatable bonds is 3. The lowest BCUT2D eigenvalue weighted by atomic mass is 9.90. The Hall–Kier alpha value is -1.43. The van der Waals surface area contributed by atoms with Gasteiger partial charge in [-0.2, -0.15) is 13.2 Å². The van der Waals surface area contributed by atoms with Crippen molar-refractivity contribution in [3.8, 4) is 11.5 Å². The summed E-state index contributed by atoms with van der Waals surface area (Å²) in [5, 5.41) is 3.25. The zero-order chi connectivity index (χ0) is 14.8. The van der Waals surface area contributed by atoms with Crippen molar-refractivity contribution in [3.63, 3.8) is 0 Å². The third kappa shape index (κ3) is 2.85. The molecule has 0 aromatic heterocycles. The van der Waals surface area contributed by atoms with Crippen LogP contribution in [0.4, 0.5) is 13.2 Å². The Bertz CT molecular complexity index is 468. The van der Waals surface area contributed by atoms with Crippen LogP contribution in [0.2, 0.25) is 0 Å². The van der Waals surface area contributed by atoms with Crippen molar-refractivity contribution in [2.75, 3.05) is 27.3 Å². The Labute approximate surface area is 116 Å². The summed E-state index contributed by atoms with van der Waals surface area (Å²) in [6, 6.07) is 2.58. The van der Waals surface area contributed by atoms with Gasteiger partial charge in [-0.1, -0.05) is 6.07 Å². The van der Waals surface area contributed by atoms with E-state index in [1.165, 1.54) is 20.3 Å². The lowest BCUT2D eigenvalue weighted by molar-refractivity contribution is -0.138. The van der Waals surface area contributed by atoms with Crippen molar-refractivity contribution in [1.29, 1.82) is 0 Å². The number of benzene rings is 1. The minimum Gasteiger partial charge on any atom is -0.493 e. The summed E-state index contributed by atoms with van der Waals surface area (Å²) in [4.78, 5) is 0. The van der Waals surface area contributed by atoms with Gasteiger partial charge < -0.3 is 14.8 Å². The fourth-order valence-corrected chi connectivity index (χ4v) is 2.65. The molecule has 1 heterocycles. The summed E-state index contributed by atoms with van der Waals surface area (Å²) < 4.78 is 49.1. The summed E-state index contributed by atoms with van der Waals surface area (Å²) in [6.45, 7) is 1.68. The fourth-order valence-electron chi connectivity index (χ4n) is 2.65. The van der Waals surface area contributed by atoms with Gasteiger partial charge in [-0.3, -0.25) is 0 Å². The second kappa shape index (κ2) is 5.91. The van der Waals surface area contributed by atoms with Crippen molar-refractivity contribution in [2.24, 2.45) is 0 Å². The molecule has 1 unspecified atom stereocenters. The maximum atomic E-state index is 13.0. The van der Waals surface area contributed by atoms with E-state index in [1.807, 2.05) is 0 Å². The van der Waals surface area contributed by atoms with Crippen LogP contribution in [0.1, 0.15) is 29.9 Å². The minimum absolute atomic E-state index is 0.148. The number of halogens is 3. The van der Waals surface area contributed by atoms with Gasteiger partial charge in [0.25, 0.3) is 0 Å². The summed E-state index contributed by atoms with van der Waals surface area (Å²) in [5.74, 6) is 0.106. The molecule has 0 spiro atoms. The highest BCUT2D eigenvalue weighted by atomic mass is 19.4. The first kappa shape index (κ1) is 15.0. The quantitative estimate of drug-likeness (QED) is 0.927. The summed E-state index contributed by atoms with van der Waals surface area (Å²) in [6.07, 6.45) is -2.53. The molecule has 20 heavy (non-hydrogen) atoms. The lowest BCUT2D eigenvalue weighted by Gasteiger charge is -2.26. The first-order valence-electron chi connectivity index (χ1n) is 6.51. The minimum atomic E-state index is -4.46.